The highest BCUT2D eigenvalue weighted by Crippen LogP contribution is 2.12. The molecule has 3 aromatic rings. The van der Waals surface area contributed by atoms with E-state index in [0.29, 0.717) is 19.5 Å². The van der Waals surface area contributed by atoms with Gasteiger partial charge < -0.3 is 14.9 Å². The van der Waals surface area contributed by atoms with Gasteiger partial charge in [-0.2, -0.15) is 0 Å². The Morgan fingerprint density at radius 2 is 1.92 bits per heavy atom. The molecule has 1 aromatic carbocycles. The lowest BCUT2D eigenvalue weighted by atomic mass is 10.1. The summed E-state index contributed by atoms with van der Waals surface area (Å²) < 4.78 is 2.03. The predicted octanol–water partition coefficient (Wildman–Crippen LogP) is 1.59. The van der Waals surface area contributed by atoms with E-state index in [2.05, 4.69) is 37.3 Å². The molecule has 25 heavy (non-hydrogen) atoms. The molecular weight excluding hydrogens is 316 g/mol. The maximum atomic E-state index is 10.4. The van der Waals surface area contributed by atoms with Gasteiger partial charge in [0.15, 0.2) is 0 Å². The van der Waals surface area contributed by atoms with E-state index >= 15 is 0 Å². The Kier molecular flexibility index (Phi) is 5.58. The van der Waals surface area contributed by atoms with Crippen LogP contribution < -0.4 is 5.32 Å². The summed E-state index contributed by atoms with van der Waals surface area (Å²) in [7, 11) is 2.00. The van der Waals surface area contributed by atoms with Crippen molar-refractivity contribution in [1.29, 1.82) is 0 Å². The number of aromatic amines is 1. The summed E-state index contributed by atoms with van der Waals surface area (Å²) in [5.74, 6) is 1.94. The Bertz CT molecular complexity index is 778. The molecule has 0 atom stereocenters. The number of nitrogens with zero attached hydrogens (tertiary/aromatic N) is 4. The molecule has 3 rings (SSSR count). The fourth-order valence-electron chi connectivity index (χ4n) is 2.69. The van der Waals surface area contributed by atoms with Gasteiger partial charge in [-0.25, -0.2) is 9.97 Å². The summed E-state index contributed by atoms with van der Waals surface area (Å²) >= 11 is 0. The van der Waals surface area contributed by atoms with E-state index in [1.807, 2.05) is 42.3 Å². The van der Waals surface area contributed by atoms with Gasteiger partial charge in [-0.05, 0) is 11.1 Å². The average molecular weight is 338 g/mol. The Hall–Kier alpha value is -2.93. The topological polar surface area (TPSA) is 78.8 Å². The molecule has 0 aliphatic heterocycles. The van der Waals surface area contributed by atoms with Crippen molar-refractivity contribution >= 4 is 6.41 Å². The monoisotopic (exact) mass is 338 g/mol. The van der Waals surface area contributed by atoms with Crippen LogP contribution in [0.2, 0.25) is 0 Å². The minimum absolute atomic E-state index is 0.549. The molecule has 7 nitrogen and oxygen atoms in total. The molecule has 2 aromatic heterocycles. The fraction of sp³-hybridized carbons (Fsp3) is 0.278. The number of carbonyl (C=O) groups excluding carboxylic acids is 1. The van der Waals surface area contributed by atoms with Crippen LogP contribution in [0.5, 0.6) is 0 Å². The fourth-order valence-corrected chi connectivity index (χ4v) is 2.69. The lowest BCUT2D eigenvalue weighted by Gasteiger charge is -2.21. The second-order valence-electron chi connectivity index (χ2n) is 5.95. The summed E-state index contributed by atoms with van der Waals surface area (Å²) in [4.78, 5) is 24.6. The Labute approximate surface area is 146 Å². The van der Waals surface area contributed by atoms with Crippen molar-refractivity contribution in [3.8, 4) is 0 Å². The molecule has 2 N–H and O–H groups in total. The molecule has 0 bridgehead atoms. The van der Waals surface area contributed by atoms with Gasteiger partial charge in [-0.1, -0.05) is 24.3 Å². The van der Waals surface area contributed by atoms with E-state index < -0.39 is 0 Å². The zero-order chi connectivity index (χ0) is 17.5. The van der Waals surface area contributed by atoms with Gasteiger partial charge in [0.25, 0.3) is 0 Å². The molecule has 2 heterocycles. The molecule has 0 aliphatic carbocycles. The predicted molar refractivity (Wildman–Crippen MR) is 94.1 cm³/mol. The van der Waals surface area contributed by atoms with Gasteiger partial charge in [-0.3, -0.25) is 9.69 Å². The maximum Gasteiger partial charge on any atom is 0.207 e. The van der Waals surface area contributed by atoms with E-state index in [1.54, 1.807) is 6.20 Å². The van der Waals surface area contributed by atoms with Gasteiger partial charge in [0.05, 0.1) is 13.1 Å². The van der Waals surface area contributed by atoms with Gasteiger partial charge in [0.2, 0.25) is 6.41 Å². The number of hydrogen-bond donors (Lipinski definition) is 2. The standard InChI is InChI=1S/C18H22N6O/c1-23-9-8-22-18(23)13-24(12-17-20-6-7-21-17)11-16-4-2-15(3-5-16)10-19-14-25/h2-9,14H,10-13H2,1H3,(H,19,25)(H,20,21). The molecule has 0 aliphatic rings. The largest absolute Gasteiger partial charge is 0.355 e. The molecule has 1 amide bonds. The third-order valence-corrected chi connectivity index (χ3v) is 4.03. The first-order chi connectivity index (χ1) is 12.2. The van der Waals surface area contributed by atoms with E-state index in [4.69, 9.17) is 0 Å². The highest BCUT2D eigenvalue weighted by atomic mass is 16.1. The van der Waals surface area contributed by atoms with Gasteiger partial charge >= 0.3 is 0 Å². The van der Waals surface area contributed by atoms with Crippen LogP contribution in [0.15, 0.2) is 49.1 Å². The van der Waals surface area contributed by atoms with Crippen molar-refractivity contribution < 1.29 is 4.79 Å². The summed E-state index contributed by atoms with van der Waals surface area (Å²) in [5.41, 5.74) is 2.29. The number of benzene rings is 1. The number of nitrogens with one attached hydrogen (secondary N) is 2. The lowest BCUT2D eigenvalue weighted by molar-refractivity contribution is -0.109. The minimum atomic E-state index is 0.549. The quantitative estimate of drug-likeness (QED) is 0.581. The highest BCUT2D eigenvalue weighted by molar-refractivity contribution is 5.46. The summed E-state index contributed by atoms with van der Waals surface area (Å²) in [5, 5.41) is 2.68. The van der Waals surface area contributed by atoms with Crippen LogP contribution >= 0.6 is 0 Å². The van der Waals surface area contributed by atoms with Crippen molar-refractivity contribution in [2.45, 2.75) is 26.2 Å². The average Bonchev–Trinajstić information content (AvgIpc) is 3.27. The second-order valence-corrected chi connectivity index (χ2v) is 5.95. The summed E-state index contributed by atoms with van der Waals surface area (Å²) in [6, 6.07) is 8.26. The van der Waals surface area contributed by atoms with E-state index in [0.717, 1.165) is 30.3 Å². The number of hydrogen-bond acceptors (Lipinski definition) is 4. The number of carbonyl (C=O) groups is 1. The molecule has 0 radical (unpaired) electrons. The van der Waals surface area contributed by atoms with Crippen LogP contribution in [0, 0.1) is 0 Å². The van der Waals surface area contributed by atoms with Gasteiger partial charge in [0.1, 0.15) is 11.6 Å². The van der Waals surface area contributed by atoms with Crippen LogP contribution in [-0.2, 0) is 38.0 Å². The molecule has 0 unspecified atom stereocenters. The van der Waals surface area contributed by atoms with Crippen LogP contribution in [0.4, 0.5) is 0 Å². The van der Waals surface area contributed by atoms with Crippen LogP contribution in [0.1, 0.15) is 22.8 Å². The number of rotatable bonds is 9. The number of H-pyrrole nitrogens is 1. The molecule has 7 heteroatoms. The van der Waals surface area contributed by atoms with Gasteiger partial charge in [0, 0.05) is 44.9 Å². The SMILES string of the molecule is Cn1ccnc1CN(Cc1ccc(CNC=O)cc1)Cc1ncc[nH]1. The van der Waals surface area contributed by atoms with Crippen molar-refractivity contribution in [3.63, 3.8) is 0 Å². The first kappa shape index (κ1) is 16.9. The molecule has 0 fully saturated rings. The zero-order valence-electron chi connectivity index (χ0n) is 14.2. The summed E-state index contributed by atoms with van der Waals surface area (Å²) in [6.45, 7) is 2.79. The van der Waals surface area contributed by atoms with Crippen LogP contribution in [-0.4, -0.2) is 30.8 Å². The highest BCUT2D eigenvalue weighted by Gasteiger charge is 2.12. The Morgan fingerprint density at radius 1 is 1.12 bits per heavy atom. The summed E-state index contributed by atoms with van der Waals surface area (Å²) in [6.07, 6.45) is 8.09. The minimum Gasteiger partial charge on any atom is -0.355 e. The normalized spacial score (nSPS) is 11.0. The molecular formula is C18H22N6O. The first-order valence-corrected chi connectivity index (χ1v) is 8.16. The van der Waals surface area contributed by atoms with Crippen molar-refractivity contribution in [3.05, 3.63) is 71.8 Å². The third kappa shape index (κ3) is 4.77. The number of aryl methyl sites for hydroxylation is 1. The Morgan fingerprint density at radius 3 is 2.56 bits per heavy atom. The number of imidazole rings is 2. The maximum absolute atomic E-state index is 10.4. The molecule has 130 valence electrons. The van der Waals surface area contributed by atoms with Crippen molar-refractivity contribution in [2.75, 3.05) is 0 Å². The Balaban J connectivity index is 1.70. The van der Waals surface area contributed by atoms with Gasteiger partial charge in [-0.15, -0.1) is 0 Å². The van der Waals surface area contributed by atoms with Crippen molar-refractivity contribution in [1.82, 2.24) is 29.7 Å². The van der Waals surface area contributed by atoms with Crippen LogP contribution in [0.3, 0.4) is 0 Å². The molecule has 0 saturated carbocycles. The second kappa shape index (κ2) is 8.25. The number of amides is 1. The van der Waals surface area contributed by atoms with E-state index in [1.165, 1.54) is 5.56 Å². The smallest absolute Gasteiger partial charge is 0.207 e. The van der Waals surface area contributed by atoms with E-state index in [9.17, 15) is 4.79 Å². The first-order valence-electron chi connectivity index (χ1n) is 8.16. The van der Waals surface area contributed by atoms with Crippen molar-refractivity contribution in [2.24, 2.45) is 7.05 Å². The zero-order valence-corrected chi connectivity index (χ0v) is 14.2. The third-order valence-electron chi connectivity index (χ3n) is 4.03. The molecule has 0 saturated heterocycles. The van der Waals surface area contributed by atoms with Crippen LogP contribution in [0.25, 0.3) is 0 Å². The number of aromatic nitrogens is 4. The van der Waals surface area contributed by atoms with E-state index in [-0.39, 0.29) is 0 Å². The molecule has 0 spiro atoms. The lowest BCUT2D eigenvalue weighted by Crippen LogP contribution is -2.24.